The summed E-state index contributed by atoms with van der Waals surface area (Å²) in [6.07, 6.45) is 44.0. The zero-order valence-electron chi connectivity index (χ0n) is 28.2. The van der Waals surface area contributed by atoms with Crippen molar-refractivity contribution in [3.8, 4) is 0 Å². The maximum absolute atomic E-state index is 2.57. The summed E-state index contributed by atoms with van der Waals surface area (Å²) < 4.78 is 0. The standard InChI is InChI=1S/C40H74/c1-4-7-10-12-14-16-18-20-22-24-26-28-30-33-39-35-38(32-9-6-3)36-40(37-39)34-31-29-27-25-23-21-19-17-15-13-11-8-5-2/h35-37H,4-34H2,1-3H3. The average Bonchev–Trinajstić information content (AvgIpc) is 2.96. The molecule has 0 N–H and O–H groups in total. The third-order valence-corrected chi connectivity index (χ3v) is 9.07. The lowest BCUT2D eigenvalue weighted by molar-refractivity contribution is 0.539. The molecule has 40 heavy (non-hydrogen) atoms. The normalized spacial score (nSPS) is 11.5. The van der Waals surface area contributed by atoms with E-state index in [0.717, 1.165) is 0 Å². The Bertz CT molecular complexity index is 581. The Balaban J connectivity index is 2.14. The van der Waals surface area contributed by atoms with Crippen LogP contribution in [0.3, 0.4) is 0 Å². The highest BCUT2D eigenvalue weighted by atomic mass is 14.1. The molecule has 0 spiro atoms. The Morgan fingerprint density at radius 1 is 0.250 bits per heavy atom. The van der Waals surface area contributed by atoms with Gasteiger partial charge >= 0.3 is 0 Å². The molecule has 1 rings (SSSR count). The van der Waals surface area contributed by atoms with Crippen LogP contribution in [0.4, 0.5) is 0 Å². The summed E-state index contributed by atoms with van der Waals surface area (Å²) in [6, 6.07) is 7.66. The average molecular weight is 555 g/mol. The van der Waals surface area contributed by atoms with E-state index >= 15 is 0 Å². The van der Waals surface area contributed by atoms with Crippen LogP contribution in [-0.4, -0.2) is 0 Å². The van der Waals surface area contributed by atoms with Crippen LogP contribution in [0.5, 0.6) is 0 Å². The number of benzene rings is 1. The fraction of sp³-hybridized carbons (Fsp3) is 0.850. The minimum absolute atomic E-state index is 1.27. The zero-order chi connectivity index (χ0) is 28.8. The fourth-order valence-corrected chi connectivity index (χ4v) is 6.35. The molecule has 0 aromatic heterocycles. The summed E-state index contributed by atoms with van der Waals surface area (Å²) in [5, 5.41) is 0. The Morgan fingerprint density at radius 3 is 0.700 bits per heavy atom. The zero-order valence-corrected chi connectivity index (χ0v) is 28.2. The van der Waals surface area contributed by atoms with Crippen molar-refractivity contribution in [3.05, 3.63) is 34.9 Å². The van der Waals surface area contributed by atoms with Crippen molar-refractivity contribution in [3.63, 3.8) is 0 Å². The lowest BCUT2D eigenvalue weighted by Gasteiger charge is -2.11. The highest BCUT2D eigenvalue weighted by molar-refractivity contribution is 5.30. The van der Waals surface area contributed by atoms with Crippen LogP contribution in [0.25, 0.3) is 0 Å². The minimum Gasteiger partial charge on any atom is -0.0654 e. The largest absolute Gasteiger partial charge is 0.0654 e. The van der Waals surface area contributed by atoms with Gasteiger partial charge in [0.05, 0.1) is 0 Å². The van der Waals surface area contributed by atoms with E-state index in [2.05, 4.69) is 39.0 Å². The van der Waals surface area contributed by atoms with Crippen molar-refractivity contribution < 1.29 is 0 Å². The Labute approximate surface area is 254 Å². The molecule has 0 unspecified atom stereocenters. The lowest BCUT2D eigenvalue weighted by Crippen LogP contribution is -1.96. The molecule has 1 aromatic rings. The molecule has 0 saturated carbocycles. The van der Waals surface area contributed by atoms with Crippen molar-refractivity contribution in [1.29, 1.82) is 0 Å². The summed E-state index contributed by atoms with van der Waals surface area (Å²) in [5.41, 5.74) is 4.86. The third-order valence-electron chi connectivity index (χ3n) is 9.07. The number of aryl methyl sites for hydroxylation is 3. The Kier molecular flexibility index (Phi) is 27.7. The maximum atomic E-state index is 2.57. The van der Waals surface area contributed by atoms with Gasteiger partial charge in [-0.3, -0.25) is 0 Å². The smallest absolute Gasteiger partial charge is 0.0279 e. The SMILES string of the molecule is CCCCCCCCCCCCCCCc1cc(CCCC)cc(CCCCCCCCCCCCCCC)c1. The van der Waals surface area contributed by atoms with Crippen LogP contribution in [0.2, 0.25) is 0 Å². The molecule has 0 aliphatic heterocycles. The summed E-state index contributed by atoms with van der Waals surface area (Å²) >= 11 is 0. The molecule has 0 aliphatic carbocycles. The minimum atomic E-state index is 1.27. The molecule has 234 valence electrons. The molecule has 0 nitrogen and oxygen atoms in total. The molecule has 0 amide bonds. The van der Waals surface area contributed by atoms with Gasteiger partial charge in [-0.25, -0.2) is 0 Å². The number of hydrogen-bond acceptors (Lipinski definition) is 0. The van der Waals surface area contributed by atoms with Gasteiger partial charge in [0.1, 0.15) is 0 Å². The fourth-order valence-electron chi connectivity index (χ4n) is 6.35. The molecule has 0 radical (unpaired) electrons. The summed E-state index contributed by atoms with van der Waals surface area (Å²) in [7, 11) is 0. The molecule has 0 saturated heterocycles. The van der Waals surface area contributed by atoms with E-state index < -0.39 is 0 Å². The first-order valence-electron chi connectivity index (χ1n) is 18.9. The van der Waals surface area contributed by atoms with Crippen LogP contribution >= 0.6 is 0 Å². The van der Waals surface area contributed by atoms with E-state index in [-0.39, 0.29) is 0 Å². The number of hydrogen-bond donors (Lipinski definition) is 0. The van der Waals surface area contributed by atoms with Crippen molar-refractivity contribution in [2.75, 3.05) is 0 Å². The van der Waals surface area contributed by atoms with Gasteiger partial charge in [-0.15, -0.1) is 0 Å². The lowest BCUT2D eigenvalue weighted by atomic mass is 9.95. The Hall–Kier alpha value is -0.780. The summed E-state index contributed by atoms with van der Waals surface area (Å²) in [5.74, 6) is 0. The molecule has 0 fully saturated rings. The van der Waals surface area contributed by atoms with Gasteiger partial charge < -0.3 is 0 Å². The third kappa shape index (κ3) is 23.9. The van der Waals surface area contributed by atoms with Gasteiger partial charge in [-0.2, -0.15) is 0 Å². The topological polar surface area (TPSA) is 0 Å². The van der Waals surface area contributed by atoms with Crippen molar-refractivity contribution in [1.82, 2.24) is 0 Å². The highest BCUT2D eigenvalue weighted by Gasteiger charge is 2.04. The molecular weight excluding hydrogens is 480 g/mol. The first kappa shape index (κ1) is 37.2. The van der Waals surface area contributed by atoms with Crippen molar-refractivity contribution >= 4 is 0 Å². The Morgan fingerprint density at radius 2 is 0.450 bits per heavy atom. The van der Waals surface area contributed by atoms with E-state index in [0.29, 0.717) is 0 Å². The van der Waals surface area contributed by atoms with Crippen molar-refractivity contribution in [2.45, 2.75) is 220 Å². The molecule has 0 aliphatic rings. The molecule has 0 heterocycles. The van der Waals surface area contributed by atoms with Gasteiger partial charge in [0, 0.05) is 0 Å². The first-order chi connectivity index (χ1) is 19.8. The maximum Gasteiger partial charge on any atom is -0.0279 e. The highest BCUT2D eigenvalue weighted by Crippen LogP contribution is 2.20. The van der Waals surface area contributed by atoms with Crippen LogP contribution in [-0.2, 0) is 19.3 Å². The van der Waals surface area contributed by atoms with Gasteiger partial charge in [-0.1, -0.05) is 199 Å². The number of unbranched alkanes of at least 4 members (excludes halogenated alkanes) is 25. The predicted molar refractivity (Wildman–Crippen MR) is 184 cm³/mol. The first-order valence-corrected chi connectivity index (χ1v) is 18.9. The number of rotatable bonds is 31. The molecule has 0 bridgehead atoms. The van der Waals surface area contributed by atoms with Crippen LogP contribution in [0, 0.1) is 0 Å². The predicted octanol–water partition coefficient (Wildman–Crippen LogP) is 14.3. The molecule has 0 heteroatoms. The van der Waals surface area contributed by atoms with Gasteiger partial charge in [0.2, 0.25) is 0 Å². The van der Waals surface area contributed by atoms with Crippen LogP contribution in [0.1, 0.15) is 217 Å². The monoisotopic (exact) mass is 555 g/mol. The van der Waals surface area contributed by atoms with E-state index in [9.17, 15) is 0 Å². The van der Waals surface area contributed by atoms with Gasteiger partial charge in [0.15, 0.2) is 0 Å². The van der Waals surface area contributed by atoms with Crippen LogP contribution < -0.4 is 0 Å². The van der Waals surface area contributed by atoms with E-state index in [4.69, 9.17) is 0 Å². The van der Waals surface area contributed by atoms with Crippen LogP contribution in [0.15, 0.2) is 18.2 Å². The summed E-state index contributed by atoms with van der Waals surface area (Å²) in [4.78, 5) is 0. The molecule has 0 atom stereocenters. The second-order valence-corrected chi connectivity index (χ2v) is 13.2. The molecular formula is C40H74. The molecule has 1 aromatic carbocycles. The van der Waals surface area contributed by atoms with E-state index in [1.807, 2.05) is 0 Å². The van der Waals surface area contributed by atoms with E-state index in [1.54, 1.807) is 16.7 Å². The van der Waals surface area contributed by atoms with Crippen molar-refractivity contribution in [2.24, 2.45) is 0 Å². The second kappa shape index (κ2) is 29.7. The van der Waals surface area contributed by atoms with Gasteiger partial charge in [-0.05, 0) is 55.2 Å². The van der Waals surface area contributed by atoms with E-state index in [1.165, 1.54) is 199 Å². The summed E-state index contributed by atoms with van der Waals surface area (Å²) in [6.45, 7) is 6.94. The van der Waals surface area contributed by atoms with Gasteiger partial charge in [0.25, 0.3) is 0 Å². The second-order valence-electron chi connectivity index (χ2n) is 13.2. The quantitative estimate of drug-likeness (QED) is 0.0800.